The maximum Gasteiger partial charge on any atom is 0.159 e. The Morgan fingerprint density at radius 3 is 2.21 bits per heavy atom. The van der Waals surface area contributed by atoms with E-state index in [1.54, 1.807) is 13.0 Å². The average molecular weight is 393 g/mol. The first-order valence-corrected chi connectivity index (χ1v) is 10.2. The zero-order chi connectivity index (χ0) is 19.9. The van der Waals surface area contributed by atoms with Crippen molar-refractivity contribution in [1.82, 2.24) is 0 Å². The number of hydrogen-bond donors (Lipinski definition) is 1. The van der Waals surface area contributed by atoms with Crippen molar-refractivity contribution in [2.24, 2.45) is 0 Å². The molecule has 1 N–H and O–H groups in total. The molecule has 0 bridgehead atoms. The van der Waals surface area contributed by atoms with Crippen LogP contribution in [0.25, 0.3) is 0 Å². The van der Waals surface area contributed by atoms with E-state index >= 15 is 0 Å². The molecule has 3 aromatic carbocycles. The highest BCUT2D eigenvalue weighted by atomic mass is 32.2. The quantitative estimate of drug-likeness (QED) is 0.448. The SMILES string of the molecule is CC(=O)c1cccc(CC(Cc2cccc(NS(=O)[O-])c2)c2ccccc2)c1. The molecule has 2 unspecified atom stereocenters. The van der Waals surface area contributed by atoms with Crippen molar-refractivity contribution in [1.29, 1.82) is 0 Å². The summed E-state index contributed by atoms with van der Waals surface area (Å²) < 4.78 is 24.2. The van der Waals surface area contributed by atoms with Gasteiger partial charge in [0.25, 0.3) is 0 Å². The fourth-order valence-electron chi connectivity index (χ4n) is 3.38. The van der Waals surface area contributed by atoms with E-state index in [0.717, 1.165) is 24.0 Å². The molecule has 0 radical (unpaired) electrons. The summed E-state index contributed by atoms with van der Waals surface area (Å²) in [5.41, 5.74) is 4.63. The minimum Gasteiger partial charge on any atom is -0.755 e. The number of carbonyl (C=O) groups excluding carboxylic acids is 1. The second-order valence-corrected chi connectivity index (χ2v) is 7.48. The van der Waals surface area contributed by atoms with Crippen molar-refractivity contribution in [2.75, 3.05) is 4.72 Å². The molecule has 0 aliphatic heterocycles. The summed E-state index contributed by atoms with van der Waals surface area (Å²) in [6.45, 7) is 1.58. The normalized spacial score (nSPS) is 12.9. The summed E-state index contributed by atoms with van der Waals surface area (Å²) in [5.74, 6) is 0.263. The van der Waals surface area contributed by atoms with Crippen molar-refractivity contribution in [3.63, 3.8) is 0 Å². The van der Waals surface area contributed by atoms with Crippen molar-refractivity contribution in [2.45, 2.75) is 25.7 Å². The van der Waals surface area contributed by atoms with Gasteiger partial charge >= 0.3 is 0 Å². The summed E-state index contributed by atoms with van der Waals surface area (Å²) in [5, 5.41) is 0. The lowest BCUT2D eigenvalue weighted by atomic mass is 9.86. The Kier molecular flexibility index (Phi) is 6.74. The van der Waals surface area contributed by atoms with Crippen molar-refractivity contribution in [3.05, 3.63) is 101 Å². The summed E-state index contributed by atoms with van der Waals surface area (Å²) >= 11 is -2.34. The Balaban J connectivity index is 1.87. The minimum absolute atomic E-state index is 0.0579. The number of carbonyl (C=O) groups is 1. The molecule has 3 rings (SSSR count). The summed E-state index contributed by atoms with van der Waals surface area (Å²) in [6, 6.07) is 25.4. The van der Waals surface area contributed by atoms with Gasteiger partial charge in [-0.1, -0.05) is 60.7 Å². The van der Waals surface area contributed by atoms with Gasteiger partial charge in [0, 0.05) is 22.5 Å². The highest BCUT2D eigenvalue weighted by Gasteiger charge is 2.14. The van der Waals surface area contributed by atoms with Crippen LogP contribution in [0, 0.1) is 0 Å². The van der Waals surface area contributed by atoms with Gasteiger partial charge in [-0.05, 0) is 60.6 Å². The fourth-order valence-corrected chi connectivity index (χ4v) is 3.70. The average Bonchev–Trinajstić information content (AvgIpc) is 2.68. The molecular weight excluding hydrogens is 370 g/mol. The summed E-state index contributed by atoms with van der Waals surface area (Å²) in [4.78, 5) is 11.7. The summed E-state index contributed by atoms with van der Waals surface area (Å²) in [6.07, 6.45) is 1.55. The highest BCUT2D eigenvalue weighted by Crippen LogP contribution is 2.27. The molecule has 0 spiro atoms. The van der Waals surface area contributed by atoms with Crippen LogP contribution >= 0.6 is 0 Å². The predicted molar refractivity (Wildman–Crippen MR) is 112 cm³/mol. The Labute approximate surface area is 168 Å². The molecule has 4 nitrogen and oxygen atoms in total. The number of anilines is 1. The molecule has 0 heterocycles. The van der Waals surface area contributed by atoms with Crippen LogP contribution in [0.3, 0.4) is 0 Å². The van der Waals surface area contributed by atoms with Gasteiger partial charge in [-0.25, -0.2) is 0 Å². The van der Waals surface area contributed by atoms with Crippen LogP contribution < -0.4 is 4.72 Å². The standard InChI is InChI=1S/C23H23NO3S/c1-17(25)21-11-5-7-18(13-21)14-22(20-9-3-2-4-10-20)15-19-8-6-12-23(16-19)24-28(26)27/h2-13,16,22,24H,14-15H2,1H3,(H,26,27)/p-1. The maximum absolute atomic E-state index is 11.7. The molecule has 2 atom stereocenters. The Bertz CT molecular complexity index is 972. The third kappa shape index (κ3) is 5.62. The molecule has 28 heavy (non-hydrogen) atoms. The Hall–Kier alpha value is -2.76. The van der Waals surface area contributed by atoms with Gasteiger partial charge in [-0.2, -0.15) is 0 Å². The zero-order valence-corrected chi connectivity index (χ0v) is 16.4. The van der Waals surface area contributed by atoms with E-state index in [4.69, 9.17) is 0 Å². The maximum atomic E-state index is 11.7. The lowest BCUT2D eigenvalue weighted by Crippen LogP contribution is -2.08. The second kappa shape index (κ2) is 9.44. The first-order valence-electron chi connectivity index (χ1n) is 9.11. The van der Waals surface area contributed by atoms with Crippen LogP contribution in [0.4, 0.5) is 5.69 Å². The lowest BCUT2D eigenvalue weighted by Gasteiger charge is -2.19. The predicted octanol–water partition coefficient (Wildman–Crippen LogP) is 4.66. The van der Waals surface area contributed by atoms with E-state index in [1.165, 1.54) is 5.56 Å². The zero-order valence-electron chi connectivity index (χ0n) is 15.6. The van der Waals surface area contributed by atoms with Crippen LogP contribution in [0.5, 0.6) is 0 Å². The molecule has 0 aliphatic carbocycles. The van der Waals surface area contributed by atoms with E-state index in [-0.39, 0.29) is 11.7 Å². The highest BCUT2D eigenvalue weighted by molar-refractivity contribution is 7.80. The van der Waals surface area contributed by atoms with E-state index < -0.39 is 11.3 Å². The number of Topliss-reactive ketones (excluding diaryl/α,β-unsaturated/α-hetero) is 1. The van der Waals surface area contributed by atoms with Gasteiger partial charge in [0.1, 0.15) is 0 Å². The van der Waals surface area contributed by atoms with Crippen molar-refractivity contribution < 1.29 is 13.6 Å². The van der Waals surface area contributed by atoms with Crippen LogP contribution in [0.2, 0.25) is 0 Å². The Morgan fingerprint density at radius 2 is 1.57 bits per heavy atom. The van der Waals surface area contributed by atoms with Crippen molar-refractivity contribution >= 4 is 22.7 Å². The molecular formula is C23H22NO3S-. The number of nitrogens with one attached hydrogen (secondary N) is 1. The van der Waals surface area contributed by atoms with E-state index in [9.17, 15) is 13.6 Å². The number of hydrogen-bond acceptors (Lipinski definition) is 3. The van der Waals surface area contributed by atoms with E-state index in [0.29, 0.717) is 11.3 Å². The third-order valence-corrected chi connectivity index (χ3v) is 5.10. The molecule has 0 amide bonds. The lowest BCUT2D eigenvalue weighted by molar-refractivity contribution is 0.101. The first-order chi connectivity index (χ1) is 13.5. The Morgan fingerprint density at radius 1 is 0.929 bits per heavy atom. The number of benzene rings is 3. The second-order valence-electron chi connectivity index (χ2n) is 6.81. The molecule has 5 heteroatoms. The molecule has 0 saturated heterocycles. The van der Waals surface area contributed by atoms with Gasteiger partial charge in [-0.3, -0.25) is 9.00 Å². The number of rotatable bonds is 8. The van der Waals surface area contributed by atoms with Gasteiger partial charge in [-0.15, -0.1) is 0 Å². The summed E-state index contributed by atoms with van der Waals surface area (Å²) in [7, 11) is 0. The molecule has 0 saturated carbocycles. The first kappa shape index (κ1) is 20.0. The fraction of sp³-hybridized carbons (Fsp3) is 0.174. The largest absolute Gasteiger partial charge is 0.755 e. The minimum atomic E-state index is -2.34. The van der Waals surface area contributed by atoms with Gasteiger partial charge < -0.3 is 9.27 Å². The monoisotopic (exact) mass is 392 g/mol. The van der Waals surface area contributed by atoms with Crippen LogP contribution in [-0.4, -0.2) is 14.5 Å². The molecule has 144 valence electrons. The van der Waals surface area contributed by atoms with E-state index in [2.05, 4.69) is 16.9 Å². The number of ketones is 1. The van der Waals surface area contributed by atoms with Crippen LogP contribution in [0.1, 0.15) is 39.9 Å². The van der Waals surface area contributed by atoms with Crippen LogP contribution in [0.15, 0.2) is 78.9 Å². The molecule has 3 aromatic rings. The van der Waals surface area contributed by atoms with Gasteiger partial charge in [0.15, 0.2) is 5.78 Å². The van der Waals surface area contributed by atoms with Gasteiger partial charge in [0.2, 0.25) is 0 Å². The van der Waals surface area contributed by atoms with Crippen molar-refractivity contribution in [3.8, 4) is 0 Å². The van der Waals surface area contributed by atoms with Gasteiger partial charge in [0.05, 0.1) is 0 Å². The smallest absolute Gasteiger partial charge is 0.159 e. The molecule has 0 aliphatic rings. The van der Waals surface area contributed by atoms with Crippen LogP contribution in [-0.2, 0) is 24.1 Å². The van der Waals surface area contributed by atoms with E-state index in [1.807, 2.05) is 60.7 Å². The topological polar surface area (TPSA) is 69.2 Å². The molecule has 0 fully saturated rings. The third-order valence-electron chi connectivity index (χ3n) is 4.70. The molecule has 0 aromatic heterocycles.